The third-order valence-corrected chi connectivity index (χ3v) is 7.72. The minimum atomic E-state index is -0.670. The Morgan fingerprint density at radius 1 is 0.818 bits per heavy atom. The summed E-state index contributed by atoms with van der Waals surface area (Å²) in [5, 5.41) is 15.0. The van der Waals surface area contributed by atoms with Gasteiger partial charge in [-0.25, -0.2) is 0 Å². The highest BCUT2D eigenvalue weighted by Crippen LogP contribution is 2.36. The molecular weight excluding hydrogens is 558 g/mol. The molecule has 0 amide bonds. The molecule has 1 N–H and O–H groups in total. The molecule has 1 unspecified atom stereocenters. The summed E-state index contributed by atoms with van der Waals surface area (Å²) in [6.45, 7) is 4.55. The van der Waals surface area contributed by atoms with E-state index in [-0.39, 0.29) is 12.6 Å². The summed E-state index contributed by atoms with van der Waals surface area (Å²) in [4.78, 5) is 4.83. The molecule has 1 aliphatic heterocycles. The molecule has 0 radical (unpaired) electrons. The maximum absolute atomic E-state index is 11.0. The van der Waals surface area contributed by atoms with Gasteiger partial charge >= 0.3 is 0 Å². The van der Waals surface area contributed by atoms with E-state index in [1.54, 1.807) is 33.5 Å². The molecule has 1 aromatic heterocycles. The van der Waals surface area contributed by atoms with Gasteiger partial charge in [-0.05, 0) is 29.3 Å². The second kappa shape index (κ2) is 15.5. The molecule has 2 heterocycles. The molecule has 9 heteroatoms. The number of rotatable bonds is 14. The average Bonchev–Trinajstić information content (AvgIpc) is 3.52. The van der Waals surface area contributed by atoms with Crippen LogP contribution in [0, 0.1) is 0 Å². The normalized spacial score (nSPS) is 15.1. The summed E-state index contributed by atoms with van der Waals surface area (Å²) < 4.78 is 27.6. The van der Waals surface area contributed by atoms with Gasteiger partial charge in [-0.1, -0.05) is 65.8 Å². The molecule has 3 aromatic carbocycles. The number of aliphatic hydroxyl groups is 1. The topological polar surface area (TPSA) is 89.7 Å². The third kappa shape index (κ3) is 8.06. The number of aromatic nitrogens is 1. The van der Waals surface area contributed by atoms with E-state index in [0.29, 0.717) is 41.9 Å². The van der Waals surface area contributed by atoms with Gasteiger partial charge in [-0.2, -0.15) is 0 Å². The van der Waals surface area contributed by atoms with Gasteiger partial charge in [0.15, 0.2) is 17.3 Å². The van der Waals surface area contributed by atoms with Crippen molar-refractivity contribution in [2.24, 2.45) is 0 Å². The first kappa shape index (κ1) is 31.3. The maximum Gasteiger partial charge on any atom is 0.164 e. The van der Waals surface area contributed by atoms with E-state index in [1.807, 2.05) is 18.2 Å². The zero-order valence-electron chi connectivity index (χ0n) is 25.6. The lowest BCUT2D eigenvalue weighted by atomic mass is 9.96. The van der Waals surface area contributed by atoms with Gasteiger partial charge in [-0.15, -0.1) is 0 Å². The summed E-state index contributed by atoms with van der Waals surface area (Å²) in [6.07, 6.45) is 2.99. The van der Waals surface area contributed by atoms with E-state index in [2.05, 4.69) is 75.6 Å². The second-order valence-corrected chi connectivity index (χ2v) is 10.8. The number of ether oxygens (including phenoxy) is 4. The van der Waals surface area contributed by atoms with E-state index in [0.717, 1.165) is 31.7 Å². The fraction of sp³-hybridized carbons (Fsp3) is 0.343. The van der Waals surface area contributed by atoms with Crippen molar-refractivity contribution in [3.63, 3.8) is 0 Å². The molecule has 9 nitrogen and oxygen atoms in total. The lowest BCUT2D eigenvalue weighted by Crippen LogP contribution is -2.50. The predicted molar refractivity (Wildman–Crippen MR) is 170 cm³/mol. The van der Waals surface area contributed by atoms with E-state index >= 15 is 0 Å². The third-order valence-electron chi connectivity index (χ3n) is 7.72. The largest absolute Gasteiger partial charge is 0.493 e. The smallest absolute Gasteiger partial charge is 0.164 e. The van der Waals surface area contributed by atoms with Crippen LogP contribution in [0.25, 0.3) is 12.2 Å². The van der Waals surface area contributed by atoms with Crippen LogP contribution in [0.15, 0.2) is 83.4 Å². The number of hydrogen-bond donors (Lipinski definition) is 1. The van der Waals surface area contributed by atoms with Gasteiger partial charge in [0.25, 0.3) is 0 Å². The van der Waals surface area contributed by atoms with Crippen molar-refractivity contribution in [2.75, 3.05) is 60.7 Å². The molecule has 232 valence electrons. The molecule has 0 aliphatic carbocycles. The van der Waals surface area contributed by atoms with Crippen LogP contribution in [0.4, 0.5) is 0 Å². The van der Waals surface area contributed by atoms with Gasteiger partial charge in [-0.3, -0.25) is 9.80 Å². The first-order chi connectivity index (χ1) is 21.6. The lowest BCUT2D eigenvalue weighted by molar-refractivity contribution is 0.0400. The van der Waals surface area contributed by atoms with Crippen LogP contribution in [0.1, 0.15) is 34.2 Å². The number of aliphatic hydroxyl groups excluding tert-OH is 1. The zero-order chi connectivity index (χ0) is 30.7. The van der Waals surface area contributed by atoms with Crippen LogP contribution < -0.4 is 14.2 Å². The zero-order valence-corrected chi connectivity index (χ0v) is 25.6. The van der Waals surface area contributed by atoms with Crippen LogP contribution in [-0.4, -0.2) is 86.8 Å². The van der Waals surface area contributed by atoms with Crippen molar-refractivity contribution in [1.29, 1.82) is 0 Å². The Kier molecular flexibility index (Phi) is 11.0. The van der Waals surface area contributed by atoms with E-state index in [4.69, 9.17) is 23.5 Å². The fourth-order valence-corrected chi connectivity index (χ4v) is 5.55. The van der Waals surface area contributed by atoms with Crippen LogP contribution >= 0.6 is 0 Å². The highest BCUT2D eigenvalue weighted by atomic mass is 16.5. The Morgan fingerprint density at radius 2 is 1.45 bits per heavy atom. The minimum absolute atomic E-state index is 0.132. The lowest BCUT2D eigenvalue weighted by Gasteiger charge is -2.40. The van der Waals surface area contributed by atoms with Crippen molar-refractivity contribution < 1.29 is 28.6 Å². The highest BCUT2D eigenvalue weighted by molar-refractivity contribution is 5.73. The number of methoxy groups -OCH3 is 3. The average molecular weight is 600 g/mol. The Hall–Kier alpha value is -4.15. The molecule has 4 aromatic rings. The Balaban J connectivity index is 1.20. The monoisotopic (exact) mass is 599 g/mol. The number of hydrogen-bond acceptors (Lipinski definition) is 9. The van der Waals surface area contributed by atoms with Crippen molar-refractivity contribution in [3.05, 3.63) is 107 Å². The predicted octanol–water partition coefficient (Wildman–Crippen LogP) is 5.16. The van der Waals surface area contributed by atoms with Gasteiger partial charge in [0.2, 0.25) is 0 Å². The maximum atomic E-state index is 11.0. The molecule has 0 bridgehead atoms. The van der Waals surface area contributed by atoms with Crippen LogP contribution in [-0.2, 0) is 11.3 Å². The number of piperazine rings is 1. The molecule has 1 fully saturated rings. The summed E-state index contributed by atoms with van der Waals surface area (Å²) in [5.74, 6) is 2.25. The fourth-order valence-electron chi connectivity index (χ4n) is 5.55. The number of β-amino-alcohol motifs (C(OH)–C–C–N with tert-alkyl or cyclic N) is 1. The van der Waals surface area contributed by atoms with Crippen molar-refractivity contribution in [3.8, 4) is 17.2 Å². The summed E-state index contributed by atoms with van der Waals surface area (Å²) in [7, 11) is 4.78. The van der Waals surface area contributed by atoms with Crippen LogP contribution in [0.3, 0.4) is 0 Å². The summed E-state index contributed by atoms with van der Waals surface area (Å²) in [5.41, 5.74) is 4.04. The molecule has 0 saturated carbocycles. The molecule has 1 saturated heterocycles. The first-order valence-electron chi connectivity index (χ1n) is 14.8. The standard InChI is InChI=1S/C35H41N3O6/c1-40-24-29-21-31(44-36-29)15-14-28-20-33(41-2)34(42-3)22-32(28)43-25-30(39)23-37-16-18-38(19-17-37)35(26-10-6-4-7-11-26)27-12-8-5-9-13-27/h4-15,20-22,30,35,39H,16-19,23-25H2,1-3H3. The Morgan fingerprint density at radius 3 is 2.07 bits per heavy atom. The van der Waals surface area contributed by atoms with E-state index in [1.165, 1.54) is 11.1 Å². The highest BCUT2D eigenvalue weighted by Gasteiger charge is 2.27. The quantitative estimate of drug-likeness (QED) is 0.211. The molecular formula is C35H41N3O6. The summed E-state index contributed by atoms with van der Waals surface area (Å²) in [6, 6.07) is 26.9. The van der Waals surface area contributed by atoms with Crippen molar-refractivity contribution in [1.82, 2.24) is 15.0 Å². The Labute approximate surface area is 259 Å². The van der Waals surface area contributed by atoms with Crippen molar-refractivity contribution >= 4 is 12.2 Å². The first-order valence-corrected chi connectivity index (χ1v) is 14.8. The molecule has 44 heavy (non-hydrogen) atoms. The SMILES string of the molecule is COCc1cc(C=Cc2cc(OC)c(OC)cc2OCC(O)CN2CCN(C(c3ccccc3)c3ccccc3)CC2)on1. The summed E-state index contributed by atoms with van der Waals surface area (Å²) >= 11 is 0. The van der Waals surface area contributed by atoms with E-state index < -0.39 is 6.10 Å². The molecule has 0 spiro atoms. The van der Waals surface area contributed by atoms with Gasteiger partial charge in [0, 0.05) is 57.5 Å². The second-order valence-electron chi connectivity index (χ2n) is 10.8. The van der Waals surface area contributed by atoms with Gasteiger partial charge in [0.1, 0.15) is 24.2 Å². The van der Waals surface area contributed by atoms with Gasteiger partial charge in [0.05, 0.1) is 26.9 Å². The van der Waals surface area contributed by atoms with Crippen molar-refractivity contribution in [2.45, 2.75) is 18.8 Å². The van der Waals surface area contributed by atoms with Crippen LogP contribution in [0.5, 0.6) is 17.2 Å². The van der Waals surface area contributed by atoms with E-state index in [9.17, 15) is 5.11 Å². The Bertz CT molecular complexity index is 1430. The van der Waals surface area contributed by atoms with Gasteiger partial charge < -0.3 is 28.6 Å². The molecule has 5 rings (SSSR count). The molecule has 1 aliphatic rings. The molecule has 1 atom stereocenters. The van der Waals surface area contributed by atoms with Crippen LogP contribution in [0.2, 0.25) is 0 Å². The number of nitrogens with zero attached hydrogens (tertiary/aromatic N) is 3. The number of benzene rings is 3. The minimum Gasteiger partial charge on any atom is -0.493 e.